The molecule has 0 saturated carbocycles. The van der Waals surface area contributed by atoms with Gasteiger partial charge in [-0.1, -0.05) is 66.7 Å². The van der Waals surface area contributed by atoms with Gasteiger partial charge in [-0.2, -0.15) is 4.98 Å². The quantitative estimate of drug-likeness (QED) is 0.329. The Kier molecular flexibility index (Phi) is 6.68. The van der Waals surface area contributed by atoms with Gasteiger partial charge in [0.2, 0.25) is 5.82 Å². The molecule has 0 amide bonds. The molecule has 0 saturated heterocycles. The van der Waals surface area contributed by atoms with E-state index in [9.17, 15) is 9.90 Å². The molecule has 4 rings (SSSR count). The van der Waals surface area contributed by atoms with E-state index in [4.69, 9.17) is 4.52 Å². The average molecular weight is 441 g/mol. The van der Waals surface area contributed by atoms with Gasteiger partial charge < -0.3 is 9.63 Å². The van der Waals surface area contributed by atoms with Crippen LogP contribution in [0.3, 0.4) is 0 Å². The molecule has 1 atom stereocenters. The SMILES string of the molecule is CC[C@H](CCc1ccc(-c2noc(-c3ccc(-c4ccccc4C)c(C)c3)n2)cc1)C(=O)O. The smallest absolute Gasteiger partial charge is 0.306 e. The largest absolute Gasteiger partial charge is 0.481 e. The molecule has 0 bridgehead atoms. The van der Waals surface area contributed by atoms with Crippen LogP contribution in [0.15, 0.2) is 71.3 Å². The van der Waals surface area contributed by atoms with Gasteiger partial charge in [-0.15, -0.1) is 0 Å². The molecule has 0 aliphatic carbocycles. The zero-order valence-corrected chi connectivity index (χ0v) is 19.2. The number of carboxylic acids is 1. The molecular weight excluding hydrogens is 412 g/mol. The summed E-state index contributed by atoms with van der Waals surface area (Å²) in [6.45, 7) is 6.12. The van der Waals surface area contributed by atoms with Crippen LogP contribution in [0, 0.1) is 19.8 Å². The number of rotatable bonds is 8. The summed E-state index contributed by atoms with van der Waals surface area (Å²) < 4.78 is 5.55. The van der Waals surface area contributed by atoms with Gasteiger partial charge in [0.15, 0.2) is 0 Å². The van der Waals surface area contributed by atoms with Crippen molar-refractivity contribution in [1.82, 2.24) is 10.1 Å². The van der Waals surface area contributed by atoms with Crippen LogP contribution in [0.2, 0.25) is 0 Å². The van der Waals surface area contributed by atoms with E-state index in [2.05, 4.69) is 54.3 Å². The highest BCUT2D eigenvalue weighted by molar-refractivity contribution is 5.73. The Morgan fingerprint density at radius 3 is 2.30 bits per heavy atom. The Hall–Kier alpha value is -3.73. The first-order valence-electron chi connectivity index (χ1n) is 11.3. The minimum atomic E-state index is -0.726. The Bertz CT molecular complexity index is 1260. The summed E-state index contributed by atoms with van der Waals surface area (Å²) in [6, 6.07) is 22.5. The van der Waals surface area contributed by atoms with E-state index in [0.717, 1.165) is 28.7 Å². The van der Waals surface area contributed by atoms with Gasteiger partial charge in [-0.3, -0.25) is 4.79 Å². The summed E-state index contributed by atoms with van der Waals surface area (Å²) in [7, 11) is 0. The lowest BCUT2D eigenvalue weighted by Gasteiger charge is -2.10. The van der Waals surface area contributed by atoms with Crippen LogP contribution in [0.1, 0.15) is 36.5 Å². The Morgan fingerprint density at radius 2 is 1.64 bits per heavy atom. The molecule has 1 aromatic heterocycles. The maximum absolute atomic E-state index is 11.2. The van der Waals surface area contributed by atoms with Crippen molar-refractivity contribution in [3.8, 4) is 34.0 Å². The summed E-state index contributed by atoms with van der Waals surface area (Å²) >= 11 is 0. The first kappa shape index (κ1) is 22.5. The van der Waals surface area contributed by atoms with Gasteiger partial charge in [0.25, 0.3) is 5.89 Å². The van der Waals surface area contributed by atoms with Gasteiger partial charge in [0.05, 0.1) is 5.92 Å². The van der Waals surface area contributed by atoms with Crippen molar-refractivity contribution < 1.29 is 14.4 Å². The summed E-state index contributed by atoms with van der Waals surface area (Å²) in [5.74, 6) is -0.00405. The first-order chi connectivity index (χ1) is 16.0. The number of aliphatic carboxylic acids is 1. The van der Waals surface area contributed by atoms with Crippen LogP contribution in [-0.2, 0) is 11.2 Å². The standard InChI is InChI=1S/C28H28N2O3/c1-4-21(28(31)32)12-9-20-10-13-22(14-11-20)26-29-27(33-30-26)23-15-16-25(19(3)17-23)24-8-6-5-7-18(24)2/h5-8,10-11,13-17,21H,4,9,12H2,1-3H3,(H,31,32)/t21-/m1/s1. The highest BCUT2D eigenvalue weighted by atomic mass is 16.5. The number of nitrogens with zero attached hydrogens (tertiary/aromatic N) is 2. The number of carboxylic acid groups (broad SMARTS) is 1. The third kappa shape index (κ3) is 5.03. The second-order valence-electron chi connectivity index (χ2n) is 8.45. The molecule has 0 spiro atoms. The maximum atomic E-state index is 11.2. The lowest BCUT2D eigenvalue weighted by Crippen LogP contribution is -2.13. The molecular formula is C28H28N2O3. The Balaban J connectivity index is 1.49. The van der Waals surface area contributed by atoms with Crippen molar-refractivity contribution in [3.05, 3.63) is 83.4 Å². The summed E-state index contributed by atoms with van der Waals surface area (Å²) in [4.78, 5) is 15.8. The molecule has 0 fully saturated rings. The number of benzene rings is 3. The minimum Gasteiger partial charge on any atom is -0.481 e. The summed E-state index contributed by atoms with van der Waals surface area (Å²) in [5, 5.41) is 13.4. The van der Waals surface area contributed by atoms with E-state index >= 15 is 0 Å². The van der Waals surface area contributed by atoms with E-state index in [1.54, 1.807) is 0 Å². The van der Waals surface area contributed by atoms with Crippen LogP contribution >= 0.6 is 0 Å². The topological polar surface area (TPSA) is 76.2 Å². The first-order valence-corrected chi connectivity index (χ1v) is 11.3. The molecule has 3 aromatic carbocycles. The fourth-order valence-electron chi connectivity index (χ4n) is 4.10. The van der Waals surface area contributed by atoms with Gasteiger partial charge in [0.1, 0.15) is 0 Å². The number of carbonyl (C=O) groups is 1. The van der Waals surface area contributed by atoms with Crippen LogP contribution in [0.4, 0.5) is 0 Å². The number of hydrogen-bond donors (Lipinski definition) is 1. The van der Waals surface area contributed by atoms with Gasteiger partial charge >= 0.3 is 5.97 Å². The van der Waals surface area contributed by atoms with Crippen molar-refractivity contribution >= 4 is 5.97 Å². The summed E-state index contributed by atoms with van der Waals surface area (Å²) in [5.41, 5.74) is 7.67. The third-order valence-corrected chi connectivity index (χ3v) is 6.17. The lowest BCUT2D eigenvalue weighted by molar-refractivity contribution is -0.142. The summed E-state index contributed by atoms with van der Waals surface area (Å²) in [6.07, 6.45) is 2.01. The predicted octanol–water partition coefficient (Wildman–Crippen LogP) is 6.73. The monoisotopic (exact) mass is 440 g/mol. The highest BCUT2D eigenvalue weighted by Gasteiger charge is 2.15. The van der Waals surface area contributed by atoms with Crippen LogP contribution in [0.25, 0.3) is 34.0 Å². The van der Waals surface area contributed by atoms with E-state index in [1.165, 1.54) is 16.7 Å². The zero-order chi connectivity index (χ0) is 23.4. The van der Waals surface area contributed by atoms with Gasteiger partial charge in [0, 0.05) is 11.1 Å². The third-order valence-electron chi connectivity index (χ3n) is 6.17. The van der Waals surface area contributed by atoms with Crippen molar-refractivity contribution in [2.45, 2.75) is 40.0 Å². The Labute approximate surface area is 194 Å². The molecule has 0 radical (unpaired) electrons. The highest BCUT2D eigenvalue weighted by Crippen LogP contribution is 2.30. The fourth-order valence-corrected chi connectivity index (χ4v) is 4.10. The Morgan fingerprint density at radius 1 is 0.939 bits per heavy atom. The van der Waals surface area contributed by atoms with Gasteiger partial charge in [-0.05, 0) is 73.1 Å². The molecule has 5 nitrogen and oxygen atoms in total. The molecule has 4 aromatic rings. The zero-order valence-electron chi connectivity index (χ0n) is 19.2. The normalized spacial score (nSPS) is 12.0. The molecule has 33 heavy (non-hydrogen) atoms. The average Bonchev–Trinajstić information content (AvgIpc) is 3.31. The molecule has 0 aliphatic rings. The molecule has 1 heterocycles. The lowest BCUT2D eigenvalue weighted by atomic mass is 9.95. The van der Waals surface area contributed by atoms with E-state index in [0.29, 0.717) is 24.6 Å². The van der Waals surface area contributed by atoms with E-state index in [-0.39, 0.29) is 5.92 Å². The number of hydrogen-bond acceptors (Lipinski definition) is 4. The second-order valence-corrected chi connectivity index (χ2v) is 8.45. The fraction of sp³-hybridized carbons (Fsp3) is 0.250. The van der Waals surface area contributed by atoms with Crippen LogP contribution in [-0.4, -0.2) is 21.2 Å². The van der Waals surface area contributed by atoms with Gasteiger partial charge in [-0.25, -0.2) is 0 Å². The minimum absolute atomic E-state index is 0.301. The maximum Gasteiger partial charge on any atom is 0.306 e. The predicted molar refractivity (Wildman–Crippen MR) is 130 cm³/mol. The number of aromatic nitrogens is 2. The molecule has 5 heteroatoms. The van der Waals surface area contributed by atoms with Crippen molar-refractivity contribution in [3.63, 3.8) is 0 Å². The second kappa shape index (κ2) is 9.82. The molecule has 168 valence electrons. The van der Waals surface area contributed by atoms with E-state index < -0.39 is 5.97 Å². The van der Waals surface area contributed by atoms with Crippen molar-refractivity contribution in [2.24, 2.45) is 5.92 Å². The molecule has 0 unspecified atom stereocenters. The van der Waals surface area contributed by atoms with E-state index in [1.807, 2.05) is 43.3 Å². The van der Waals surface area contributed by atoms with Crippen LogP contribution < -0.4 is 0 Å². The van der Waals surface area contributed by atoms with Crippen LogP contribution in [0.5, 0.6) is 0 Å². The van der Waals surface area contributed by atoms with Crippen molar-refractivity contribution in [2.75, 3.05) is 0 Å². The molecule has 0 aliphatic heterocycles. The molecule has 1 N–H and O–H groups in total. The van der Waals surface area contributed by atoms with Crippen molar-refractivity contribution in [1.29, 1.82) is 0 Å². The number of aryl methyl sites for hydroxylation is 3.